The number of nitrogens with zero attached hydrogens (tertiary/aromatic N) is 2. The summed E-state index contributed by atoms with van der Waals surface area (Å²) in [5.41, 5.74) is 9.84. The molecule has 0 radical (unpaired) electrons. The first-order chi connectivity index (χ1) is 17.7. The molecule has 0 spiro atoms. The molecular weight excluding hydrogens is 488 g/mol. The van der Waals surface area contributed by atoms with Crippen molar-refractivity contribution in [2.45, 2.75) is 64.7 Å². The van der Waals surface area contributed by atoms with Crippen LogP contribution in [-0.4, -0.2) is 22.8 Å². The fraction of sp³-hybridized carbons (Fsp3) is 0.324. The number of para-hydroxylation sites is 2. The summed E-state index contributed by atoms with van der Waals surface area (Å²) in [4.78, 5) is 2.14. The lowest BCUT2D eigenvalue weighted by Crippen LogP contribution is -2.26. The minimum atomic E-state index is -0.130. The molecule has 3 aliphatic rings. The molecule has 2 aliphatic heterocycles. The fourth-order valence-electron chi connectivity index (χ4n) is 6.13. The molecule has 3 nitrogen and oxygen atoms in total. The second kappa shape index (κ2) is 10.4. The number of halogens is 1. The fourth-order valence-corrected chi connectivity index (χ4v) is 6.44. The van der Waals surface area contributed by atoms with Crippen LogP contribution in [0.25, 0.3) is 0 Å². The molecular formula is C34H38ClN2O+. The van der Waals surface area contributed by atoms with Crippen molar-refractivity contribution in [1.82, 2.24) is 0 Å². The molecule has 0 bridgehead atoms. The van der Waals surface area contributed by atoms with Gasteiger partial charge in [0.25, 0.3) is 0 Å². The van der Waals surface area contributed by atoms with E-state index in [1.165, 1.54) is 45.1 Å². The van der Waals surface area contributed by atoms with Crippen LogP contribution in [0, 0.1) is 12.0 Å². The first-order valence-corrected chi connectivity index (χ1v) is 13.6. The maximum Gasteiger partial charge on any atom is 0.209 e. The van der Waals surface area contributed by atoms with Crippen LogP contribution in [0.4, 0.5) is 11.4 Å². The zero-order chi connectivity index (χ0) is 26.4. The van der Waals surface area contributed by atoms with Gasteiger partial charge >= 0.3 is 0 Å². The van der Waals surface area contributed by atoms with Gasteiger partial charge in [-0.2, -0.15) is 4.58 Å². The second-order valence-electron chi connectivity index (χ2n) is 11.2. The van der Waals surface area contributed by atoms with E-state index in [9.17, 15) is 0 Å². The van der Waals surface area contributed by atoms with E-state index in [-0.39, 0.29) is 16.3 Å². The summed E-state index contributed by atoms with van der Waals surface area (Å²) in [6.07, 6.45) is 12.0. The highest BCUT2D eigenvalue weighted by Gasteiger charge is 2.42. The van der Waals surface area contributed by atoms with Crippen LogP contribution in [0.5, 0.6) is 0 Å². The third-order valence-electron chi connectivity index (χ3n) is 8.20. The Morgan fingerprint density at radius 1 is 0.895 bits per heavy atom. The first kappa shape index (κ1) is 27.7. The Balaban J connectivity index is 0.00000336. The van der Waals surface area contributed by atoms with Crippen LogP contribution >= 0.6 is 11.6 Å². The van der Waals surface area contributed by atoms with E-state index >= 15 is 0 Å². The lowest BCUT2D eigenvalue weighted by Gasteiger charge is -2.23. The molecule has 2 aromatic rings. The van der Waals surface area contributed by atoms with Crippen molar-refractivity contribution in [1.29, 1.82) is 0 Å². The molecule has 0 saturated heterocycles. The molecule has 2 heterocycles. The van der Waals surface area contributed by atoms with Crippen molar-refractivity contribution in [2.75, 3.05) is 11.9 Å². The van der Waals surface area contributed by atoms with Crippen LogP contribution in [0.3, 0.4) is 0 Å². The van der Waals surface area contributed by atoms with Crippen LogP contribution in [-0.2, 0) is 10.8 Å². The van der Waals surface area contributed by atoms with E-state index in [0.717, 1.165) is 24.3 Å². The summed E-state index contributed by atoms with van der Waals surface area (Å²) in [5, 5.41) is 0.886. The molecule has 0 saturated carbocycles. The molecule has 2 aromatic carbocycles. The van der Waals surface area contributed by atoms with E-state index in [1.54, 1.807) is 0 Å². The molecule has 2 N–H and O–H groups in total. The predicted octanol–water partition coefficient (Wildman–Crippen LogP) is 7.69. The van der Waals surface area contributed by atoms with Crippen molar-refractivity contribution in [3.05, 3.63) is 106 Å². The van der Waals surface area contributed by atoms with Gasteiger partial charge < -0.3 is 5.48 Å². The molecule has 4 heteroatoms. The smallest absolute Gasteiger partial charge is 0.209 e. The molecule has 0 fully saturated rings. The Morgan fingerprint density at radius 2 is 1.58 bits per heavy atom. The maximum absolute atomic E-state index is 7.04. The second-order valence-corrected chi connectivity index (χ2v) is 11.6. The van der Waals surface area contributed by atoms with E-state index in [2.05, 4.69) is 129 Å². The van der Waals surface area contributed by atoms with Gasteiger partial charge in [-0.3, -0.25) is 4.90 Å². The third-order valence-corrected chi connectivity index (χ3v) is 8.69. The number of fused-ring (bicyclic) bond motifs is 2. The van der Waals surface area contributed by atoms with Gasteiger partial charge in [-0.1, -0.05) is 79.9 Å². The largest absolute Gasteiger partial charge is 0.412 e. The van der Waals surface area contributed by atoms with Crippen molar-refractivity contribution < 1.29 is 10.1 Å². The lowest BCUT2D eigenvalue weighted by molar-refractivity contribution is -0.401. The van der Waals surface area contributed by atoms with Crippen molar-refractivity contribution in [2.24, 2.45) is 0 Å². The number of allylic oxidation sites excluding steroid dienone is 8. The van der Waals surface area contributed by atoms with Gasteiger partial charge in [0.15, 0.2) is 5.71 Å². The SMILES string of the molecule is CC#CN1C(=CC=C2CCCC(C=CC3=[N+](C)c4ccccc4C3(C)C)=C2Cl)C(C)(C)c2ccccc21.O. The Bertz CT molecular complexity index is 1490. The van der Waals surface area contributed by atoms with Gasteiger partial charge in [0.05, 0.1) is 11.1 Å². The van der Waals surface area contributed by atoms with E-state index in [4.69, 9.17) is 11.6 Å². The molecule has 38 heavy (non-hydrogen) atoms. The van der Waals surface area contributed by atoms with Crippen LogP contribution in [0.1, 0.15) is 65.0 Å². The van der Waals surface area contributed by atoms with Crippen LogP contribution in [0.15, 0.2) is 94.7 Å². The lowest BCUT2D eigenvalue weighted by atomic mass is 9.81. The van der Waals surface area contributed by atoms with Gasteiger partial charge in [0.1, 0.15) is 7.05 Å². The van der Waals surface area contributed by atoms with Crippen LogP contribution < -0.4 is 4.90 Å². The standard InChI is InChI=1S/C34H36ClN2.H2O/c1-7-23-37-29-18-11-9-16-27(29)34(4,5)31(37)22-20-25-14-12-13-24(32(25)35)19-21-30-33(2,3)26-15-8-10-17-28(26)36(30)6;/h8-11,15-22H,12-14H2,1-6H3;1H2/q+1;. The topological polar surface area (TPSA) is 37.8 Å². The molecule has 5 rings (SSSR count). The number of rotatable bonds is 3. The van der Waals surface area contributed by atoms with Gasteiger partial charge in [-0.25, -0.2) is 0 Å². The quantitative estimate of drug-likeness (QED) is 0.299. The van der Waals surface area contributed by atoms with E-state index < -0.39 is 0 Å². The monoisotopic (exact) mass is 525 g/mol. The van der Waals surface area contributed by atoms with Gasteiger partial charge in [-0.05, 0) is 68.9 Å². The van der Waals surface area contributed by atoms with Crippen molar-refractivity contribution in [3.63, 3.8) is 0 Å². The Kier molecular flexibility index (Phi) is 7.62. The zero-order valence-corrected chi connectivity index (χ0v) is 24.1. The van der Waals surface area contributed by atoms with Gasteiger partial charge in [-0.15, -0.1) is 0 Å². The molecule has 0 amide bonds. The summed E-state index contributed by atoms with van der Waals surface area (Å²) < 4.78 is 2.31. The Morgan fingerprint density at radius 3 is 2.29 bits per heavy atom. The molecule has 0 aromatic heterocycles. The van der Waals surface area contributed by atoms with Crippen molar-refractivity contribution >= 4 is 28.7 Å². The molecule has 1 aliphatic carbocycles. The highest BCUT2D eigenvalue weighted by atomic mass is 35.5. The number of benzene rings is 2. The number of hydrogen-bond acceptors (Lipinski definition) is 1. The van der Waals surface area contributed by atoms with Crippen LogP contribution in [0.2, 0.25) is 0 Å². The highest BCUT2D eigenvalue weighted by molar-refractivity contribution is 6.32. The highest BCUT2D eigenvalue weighted by Crippen LogP contribution is 2.47. The third kappa shape index (κ3) is 4.47. The summed E-state index contributed by atoms with van der Waals surface area (Å²) >= 11 is 7.04. The summed E-state index contributed by atoms with van der Waals surface area (Å²) in [6.45, 7) is 11.0. The van der Waals surface area contributed by atoms with Gasteiger partial charge in [0.2, 0.25) is 5.69 Å². The molecule has 0 atom stereocenters. The van der Waals surface area contributed by atoms with E-state index in [1.807, 2.05) is 6.92 Å². The Labute approximate surface area is 232 Å². The average Bonchev–Trinajstić information content (AvgIpc) is 3.22. The maximum atomic E-state index is 7.04. The minimum Gasteiger partial charge on any atom is -0.412 e. The number of anilines is 1. The van der Waals surface area contributed by atoms with Crippen molar-refractivity contribution in [3.8, 4) is 12.0 Å². The molecule has 0 unspecified atom stereocenters. The molecule has 196 valence electrons. The van der Waals surface area contributed by atoms with E-state index in [0.29, 0.717) is 0 Å². The minimum absolute atomic E-state index is 0. The average molecular weight is 526 g/mol. The summed E-state index contributed by atoms with van der Waals surface area (Å²) in [5.74, 6) is 3.10. The predicted molar refractivity (Wildman–Crippen MR) is 161 cm³/mol. The Hall–Kier alpha value is -3.32. The summed E-state index contributed by atoms with van der Waals surface area (Å²) in [7, 11) is 2.16. The number of hydrogen-bond donors (Lipinski definition) is 0. The normalized spacial score (nSPS) is 21.5. The first-order valence-electron chi connectivity index (χ1n) is 13.2. The zero-order valence-electron chi connectivity index (χ0n) is 23.3. The summed E-state index contributed by atoms with van der Waals surface area (Å²) in [6, 6.07) is 20.5. The van der Waals surface area contributed by atoms with Gasteiger partial charge in [0, 0.05) is 39.9 Å².